The van der Waals surface area contributed by atoms with Crippen LogP contribution in [-0.2, 0) is 23.9 Å². The van der Waals surface area contributed by atoms with E-state index in [2.05, 4.69) is 6.08 Å². The molecule has 2 aliphatic heterocycles. The number of hydrogen-bond acceptors (Lipinski definition) is 5. The number of benzene rings is 1. The number of fused-ring (bicyclic) bond motifs is 4. The number of carbonyl (C=O) groups is 3. The van der Waals surface area contributed by atoms with E-state index in [0.717, 1.165) is 17.6 Å². The standard InChI is InChI=1S/C25H25NO5/c1-13-11-25-14(8-9-18(25)27)10-16-19(21(25)20-17(13)12-31-24(20)30-2)23(29)26(22(16)28)15-6-4-3-5-7-15/h3-7,11,14,16-17,19,21H,8-10,12H2,1-2H3/t14-,16-,17?,19-,21-,25+/m1/s1. The van der Waals surface area contributed by atoms with E-state index in [-0.39, 0.29) is 35.4 Å². The topological polar surface area (TPSA) is 72.9 Å². The molecule has 1 spiro atoms. The maximum absolute atomic E-state index is 13.8. The number of hydrogen-bond donors (Lipinski definition) is 0. The second kappa shape index (κ2) is 6.31. The average Bonchev–Trinajstić information content (AvgIpc) is 3.41. The number of para-hydroxylation sites is 1. The first-order valence-electron chi connectivity index (χ1n) is 11.1. The molecule has 31 heavy (non-hydrogen) atoms. The summed E-state index contributed by atoms with van der Waals surface area (Å²) in [5.74, 6) is -1.05. The van der Waals surface area contributed by atoms with E-state index >= 15 is 0 Å². The molecule has 3 aliphatic carbocycles. The van der Waals surface area contributed by atoms with Crippen LogP contribution in [0.15, 0.2) is 53.5 Å². The van der Waals surface area contributed by atoms with Gasteiger partial charge in [0, 0.05) is 23.8 Å². The van der Waals surface area contributed by atoms with Gasteiger partial charge < -0.3 is 9.47 Å². The second-order valence-corrected chi connectivity index (χ2v) is 9.48. The SMILES string of the molecule is COC1=C2C(CO1)C(C)=C[C@@]13C(=O)CC[C@@H]1C[C@H]1C(=O)N(c4ccccc4)C(=O)[C@H]1[C@H]23. The number of allylic oxidation sites excluding steroid dienone is 1. The third kappa shape index (κ3) is 2.20. The third-order valence-corrected chi connectivity index (χ3v) is 8.31. The van der Waals surface area contributed by atoms with Crippen molar-refractivity contribution in [1.29, 1.82) is 0 Å². The maximum atomic E-state index is 13.8. The van der Waals surface area contributed by atoms with Crippen LogP contribution in [-0.4, -0.2) is 31.3 Å². The normalized spacial score (nSPS) is 38.4. The van der Waals surface area contributed by atoms with Gasteiger partial charge in [-0.1, -0.05) is 29.8 Å². The molecular weight excluding hydrogens is 394 g/mol. The molecule has 1 unspecified atom stereocenters. The highest BCUT2D eigenvalue weighted by atomic mass is 16.7. The van der Waals surface area contributed by atoms with E-state index in [1.54, 1.807) is 19.2 Å². The molecule has 1 saturated heterocycles. The first-order valence-corrected chi connectivity index (χ1v) is 11.1. The lowest BCUT2D eigenvalue weighted by Gasteiger charge is -2.51. The van der Waals surface area contributed by atoms with Gasteiger partial charge >= 0.3 is 0 Å². The largest absolute Gasteiger partial charge is 0.469 e. The zero-order valence-corrected chi connectivity index (χ0v) is 17.7. The number of carbonyl (C=O) groups excluding carboxylic acids is 3. The Kier molecular flexibility index (Phi) is 3.84. The zero-order chi connectivity index (χ0) is 21.5. The van der Waals surface area contributed by atoms with Crippen LogP contribution in [0.25, 0.3) is 0 Å². The number of methoxy groups -OCH3 is 1. The molecule has 2 amide bonds. The molecule has 0 radical (unpaired) electrons. The van der Waals surface area contributed by atoms with Crippen molar-refractivity contribution in [3.8, 4) is 0 Å². The molecule has 6 atom stereocenters. The van der Waals surface area contributed by atoms with Crippen molar-refractivity contribution in [2.24, 2.45) is 35.0 Å². The van der Waals surface area contributed by atoms with Gasteiger partial charge in [-0.25, -0.2) is 0 Å². The van der Waals surface area contributed by atoms with Crippen LogP contribution in [0.3, 0.4) is 0 Å². The Morgan fingerprint density at radius 3 is 2.65 bits per heavy atom. The van der Waals surface area contributed by atoms with Gasteiger partial charge in [0.1, 0.15) is 12.4 Å². The Balaban J connectivity index is 1.57. The highest BCUT2D eigenvalue weighted by Crippen LogP contribution is 2.66. The molecule has 6 rings (SSSR count). The van der Waals surface area contributed by atoms with Crippen LogP contribution >= 0.6 is 0 Å². The Morgan fingerprint density at radius 2 is 1.90 bits per heavy atom. The summed E-state index contributed by atoms with van der Waals surface area (Å²) in [5, 5.41) is 0. The van der Waals surface area contributed by atoms with Crippen molar-refractivity contribution in [1.82, 2.24) is 0 Å². The first-order chi connectivity index (χ1) is 15.0. The van der Waals surface area contributed by atoms with Gasteiger partial charge in [-0.15, -0.1) is 0 Å². The smallest absolute Gasteiger partial charge is 0.279 e. The van der Waals surface area contributed by atoms with E-state index in [9.17, 15) is 14.4 Å². The Bertz CT molecular complexity index is 1070. The minimum absolute atomic E-state index is 0.00736. The van der Waals surface area contributed by atoms with Crippen LogP contribution < -0.4 is 4.90 Å². The summed E-state index contributed by atoms with van der Waals surface area (Å²) in [5.41, 5.74) is 1.87. The second-order valence-electron chi connectivity index (χ2n) is 9.48. The van der Waals surface area contributed by atoms with Gasteiger partial charge in [0.2, 0.25) is 11.8 Å². The molecular formula is C25H25NO5. The zero-order valence-electron chi connectivity index (χ0n) is 17.7. The Labute approximate surface area is 180 Å². The number of nitrogens with zero attached hydrogens (tertiary/aromatic N) is 1. The van der Waals surface area contributed by atoms with E-state index in [0.29, 0.717) is 31.1 Å². The third-order valence-electron chi connectivity index (χ3n) is 8.31. The van der Waals surface area contributed by atoms with Crippen molar-refractivity contribution in [3.63, 3.8) is 0 Å². The number of amides is 2. The summed E-state index contributed by atoms with van der Waals surface area (Å²) in [7, 11) is 1.57. The van der Waals surface area contributed by atoms with Crippen molar-refractivity contribution in [3.05, 3.63) is 53.5 Å². The molecule has 1 aromatic carbocycles. The van der Waals surface area contributed by atoms with Crippen molar-refractivity contribution >= 4 is 23.3 Å². The molecule has 2 heterocycles. The van der Waals surface area contributed by atoms with Crippen LogP contribution in [0.1, 0.15) is 26.2 Å². The lowest BCUT2D eigenvalue weighted by atomic mass is 9.49. The molecule has 1 aromatic rings. The van der Waals surface area contributed by atoms with Gasteiger partial charge in [0.15, 0.2) is 0 Å². The van der Waals surface area contributed by atoms with E-state index in [1.165, 1.54) is 4.90 Å². The maximum Gasteiger partial charge on any atom is 0.279 e. The number of ketones is 1. The molecule has 5 aliphatic rings. The number of rotatable bonds is 2. The molecule has 0 aromatic heterocycles. The summed E-state index contributed by atoms with van der Waals surface area (Å²) in [6.07, 6.45) is 3.96. The summed E-state index contributed by atoms with van der Waals surface area (Å²) in [6, 6.07) is 9.11. The van der Waals surface area contributed by atoms with Gasteiger partial charge in [-0.05, 0) is 37.8 Å². The fourth-order valence-electron chi connectivity index (χ4n) is 7.12. The Morgan fingerprint density at radius 1 is 1.13 bits per heavy atom. The van der Waals surface area contributed by atoms with E-state index in [4.69, 9.17) is 9.47 Å². The fourth-order valence-corrected chi connectivity index (χ4v) is 7.12. The minimum atomic E-state index is -0.739. The molecule has 6 heteroatoms. The van der Waals surface area contributed by atoms with Gasteiger partial charge in [0.05, 0.1) is 30.0 Å². The first kappa shape index (κ1) is 18.8. The lowest BCUT2D eigenvalue weighted by molar-refractivity contribution is -0.137. The summed E-state index contributed by atoms with van der Waals surface area (Å²) < 4.78 is 11.5. The highest BCUT2D eigenvalue weighted by Gasteiger charge is 2.69. The number of Topliss-reactive ketones (excluding diaryl/α,β-unsaturated/α-hetero) is 1. The fraction of sp³-hybridized carbons (Fsp3) is 0.480. The number of anilines is 1. The quantitative estimate of drug-likeness (QED) is 0.544. The van der Waals surface area contributed by atoms with Crippen LogP contribution in [0.4, 0.5) is 5.69 Å². The predicted molar refractivity (Wildman–Crippen MR) is 111 cm³/mol. The number of imide groups is 1. The molecule has 0 bridgehead atoms. The summed E-state index contributed by atoms with van der Waals surface area (Å²) in [4.78, 5) is 42.2. The molecule has 3 fully saturated rings. The lowest BCUT2D eigenvalue weighted by Crippen LogP contribution is -2.53. The Hall–Kier alpha value is -2.89. The highest BCUT2D eigenvalue weighted by molar-refractivity contribution is 6.22. The van der Waals surface area contributed by atoms with Crippen molar-refractivity contribution < 1.29 is 23.9 Å². The molecule has 160 valence electrons. The van der Waals surface area contributed by atoms with E-state index < -0.39 is 17.3 Å². The average molecular weight is 419 g/mol. The van der Waals surface area contributed by atoms with Crippen LogP contribution in [0.5, 0.6) is 0 Å². The molecule has 0 N–H and O–H groups in total. The van der Waals surface area contributed by atoms with Gasteiger partial charge in [0.25, 0.3) is 5.95 Å². The minimum Gasteiger partial charge on any atom is -0.469 e. The molecule has 2 saturated carbocycles. The van der Waals surface area contributed by atoms with E-state index in [1.807, 2.05) is 25.1 Å². The predicted octanol–water partition coefficient (Wildman–Crippen LogP) is 3.24. The van der Waals surface area contributed by atoms with Crippen molar-refractivity contribution in [2.75, 3.05) is 18.6 Å². The summed E-state index contributed by atoms with van der Waals surface area (Å²) in [6.45, 7) is 2.50. The van der Waals surface area contributed by atoms with Gasteiger partial charge in [-0.2, -0.15) is 0 Å². The van der Waals surface area contributed by atoms with Crippen molar-refractivity contribution in [2.45, 2.75) is 26.2 Å². The number of ether oxygens (including phenoxy) is 2. The monoisotopic (exact) mass is 419 g/mol. The summed E-state index contributed by atoms with van der Waals surface area (Å²) >= 11 is 0. The van der Waals surface area contributed by atoms with Crippen LogP contribution in [0.2, 0.25) is 0 Å². The molecule has 6 nitrogen and oxygen atoms in total. The van der Waals surface area contributed by atoms with Crippen LogP contribution in [0, 0.1) is 35.0 Å². The van der Waals surface area contributed by atoms with Gasteiger partial charge in [-0.3, -0.25) is 19.3 Å².